The third-order valence-electron chi connectivity index (χ3n) is 5.90. The van der Waals surface area contributed by atoms with E-state index in [-0.39, 0.29) is 24.8 Å². The molecule has 1 atom stereocenters. The predicted molar refractivity (Wildman–Crippen MR) is 156 cm³/mol. The van der Waals surface area contributed by atoms with Crippen molar-refractivity contribution in [3.63, 3.8) is 0 Å². The molecule has 13 nitrogen and oxygen atoms in total. The van der Waals surface area contributed by atoms with E-state index in [1.165, 1.54) is 24.7 Å². The zero-order valence-corrected chi connectivity index (χ0v) is 24.3. The first kappa shape index (κ1) is 30.3. The molecule has 220 valence electrons. The number of nitrogens with zero attached hydrogens (tertiary/aromatic N) is 4. The smallest absolute Gasteiger partial charge is 0.332 e. The molecule has 0 unspecified atom stereocenters. The lowest BCUT2D eigenvalue weighted by Gasteiger charge is -2.18. The van der Waals surface area contributed by atoms with Gasteiger partial charge in [0.15, 0.2) is 0 Å². The van der Waals surface area contributed by atoms with Gasteiger partial charge in [0.1, 0.15) is 11.6 Å². The molecule has 0 aliphatic rings. The molecule has 2 aromatic heterocycles. The molecule has 2 heterocycles. The van der Waals surface area contributed by atoms with Crippen molar-refractivity contribution in [2.75, 3.05) is 18.7 Å². The first-order valence-corrected chi connectivity index (χ1v) is 14.7. The third-order valence-corrected chi connectivity index (χ3v) is 6.72. The lowest BCUT2D eigenvalue weighted by Crippen LogP contribution is -2.44. The summed E-state index contributed by atoms with van der Waals surface area (Å²) < 4.78 is 37.7. The molecule has 0 spiro atoms. The number of nitrogens with one attached hydrogen (secondary N) is 2. The second kappa shape index (κ2) is 12.9. The molecule has 4 rings (SSSR count). The number of carbonyl (C=O) groups excluding carboxylic acids is 1. The summed E-state index contributed by atoms with van der Waals surface area (Å²) >= 11 is 6.01. The van der Waals surface area contributed by atoms with Gasteiger partial charge in [-0.3, -0.25) is 23.4 Å². The van der Waals surface area contributed by atoms with Crippen molar-refractivity contribution in [2.45, 2.75) is 20.0 Å². The topological polar surface area (TPSA) is 164 Å². The monoisotopic (exact) mass is 614 g/mol. The first-order chi connectivity index (χ1) is 19.9. The number of benzene rings is 2. The third kappa shape index (κ3) is 7.95. The minimum absolute atomic E-state index is 0.0693. The highest BCUT2D eigenvalue weighted by Crippen LogP contribution is 2.24. The maximum absolute atomic E-state index is 13.6. The van der Waals surface area contributed by atoms with E-state index in [1.807, 2.05) is 4.72 Å². The number of hydrogen-bond donors (Lipinski definition) is 2. The summed E-state index contributed by atoms with van der Waals surface area (Å²) in [5, 5.41) is 11.4. The van der Waals surface area contributed by atoms with Crippen molar-refractivity contribution in [1.82, 2.24) is 24.1 Å². The molecule has 1 amide bonds. The van der Waals surface area contributed by atoms with Crippen LogP contribution in [0.15, 0.2) is 76.3 Å². The Labute approximate surface area is 245 Å². The van der Waals surface area contributed by atoms with Crippen LogP contribution in [0.25, 0.3) is 0 Å². The molecule has 0 bridgehead atoms. The van der Waals surface area contributed by atoms with Crippen molar-refractivity contribution in [1.29, 1.82) is 0 Å². The van der Waals surface area contributed by atoms with Gasteiger partial charge in [-0.05, 0) is 42.0 Å². The number of carbonyl (C=O) groups is 1. The van der Waals surface area contributed by atoms with E-state index in [4.69, 9.17) is 21.1 Å². The number of halogens is 1. The van der Waals surface area contributed by atoms with E-state index in [0.29, 0.717) is 22.3 Å². The van der Waals surface area contributed by atoms with Gasteiger partial charge in [0.25, 0.3) is 5.56 Å². The van der Waals surface area contributed by atoms with E-state index >= 15 is 0 Å². The molecule has 0 fully saturated rings. The van der Waals surface area contributed by atoms with Gasteiger partial charge in [-0.2, -0.15) is 0 Å². The average Bonchev–Trinajstić information content (AvgIpc) is 2.94. The van der Waals surface area contributed by atoms with Crippen LogP contribution in [0.3, 0.4) is 0 Å². The summed E-state index contributed by atoms with van der Waals surface area (Å²) in [5.41, 5.74) is -0.101. The van der Waals surface area contributed by atoms with Crippen molar-refractivity contribution < 1.29 is 22.7 Å². The molecule has 2 aromatic carbocycles. The fraction of sp³-hybridized carbons (Fsp3) is 0.222. The summed E-state index contributed by atoms with van der Waals surface area (Å²) in [6.45, 7) is 1.16. The molecule has 15 heteroatoms. The predicted octanol–water partition coefficient (Wildman–Crippen LogP) is 2.76. The minimum Gasteiger partial charge on any atom is -0.480 e. The van der Waals surface area contributed by atoms with Crippen LogP contribution in [0, 0.1) is 5.92 Å². The van der Waals surface area contributed by atoms with Gasteiger partial charge in [-0.1, -0.05) is 30.7 Å². The lowest BCUT2D eigenvalue weighted by molar-refractivity contribution is -0.123. The first-order valence-electron chi connectivity index (χ1n) is 12.5. The van der Waals surface area contributed by atoms with E-state index in [9.17, 15) is 22.8 Å². The number of sulfonamides is 1. The summed E-state index contributed by atoms with van der Waals surface area (Å²) in [6.07, 6.45) is 0.842. The van der Waals surface area contributed by atoms with Crippen molar-refractivity contribution >= 4 is 39.0 Å². The fourth-order valence-electron chi connectivity index (χ4n) is 3.80. The van der Waals surface area contributed by atoms with Crippen LogP contribution in [0.1, 0.15) is 12.5 Å². The Bertz CT molecular complexity index is 1790. The highest BCUT2D eigenvalue weighted by molar-refractivity contribution is 7.89. The molecular formula is C27H27ClN6O7S. The molecular weight excluding hydrogens is 588 g/mol. The van der Waals surface area contributed by atoms with E-state index in [2.05, 4.69) is 15.5 Å². The van der Waals surface area contributed by atoms with Crippen molar-refractivity contribution in [3.05, 3.63) is 98.2 Å². The van der Waals surface area contributed by atoms with Crippen LogP contribution in [0.4, 0.5) is 11.5 Å². The van der Waals surface area contributed by atoms with Gasteiger partial charge in [-0.15, -0.1) is 10.2 Å². The number of hydrogen-bond acceptors (Lipinski definition) is 10. The molecule has 0 aliphatic carbocycles. The van der Waals surface area contributed by atoms with Crippen LogP contribution in [-0.2, 0) is 27.9 Å². The average molecular weight is 615 g/mol. The zero-order chi connectivity index (χ0) is 30.4. The number of anilines is 2. The van der Waals surface area contributed by atoms with Crippen LogP contribution >= 0.6 is 11.6 Å². The second-order valence-electron chi connectivity index (χ2n) is 9.28. The molecule has 0 aliphatic heterocycles. The van der Waals surface area contributed by atoms with Crippen LogP contribution in [0.2, 0.25) is 5.02 Å². The van der Waals surface area contributed by atoms with Gasteiger partial charge >= 0.3 is 5.69 Å². The van der Waals surface area contributed by atoms with E-state index in [1.54, 1.807) is 60.7 Å². The number of ether oxygens (including phenoxy) is 2. The quantitative estimate of drug-likeness (QED) is 0.257. The zero-order valence-electron chi connectivity index (χ0n) is 22.8. The SMILES string of the molecule is COc1ccc(Oc2ccc(Nc3cc(=O)n(C[C@H](C)C(=O)NS(C)(=O)=O)c(=O)n3Cc3ccc(Cl)cc3)cc2)nn1. The van der Waals surface area contributed by atoms with Crippen LogP contribution in [0.5, 0.6) is 17.5 Å². The van der Waals surface area contributed by atoms with E-state index in [0.717, 1.165) is 16.4 Å². The van der Waals surface area contributed by atoms with E-state index < -0.39 is 33.1 Å². The molecule has 42 heavy (non-hydrogen) atoms. The van der Waals surface area contributed by atoms with Crippen molar-refractivity contribution in [2.24, 2.45) is 5.92 Å². The lowest BCUT2D eigenvalue weighted by atomic mass is 10.1. The summed E-state index contributed by atoms with van der Waals surface area (Å²) in [7, 11) is -2.33. The standard InChI is InChI=1S/C27H27ClN6O7S/c1-17(26(36)32-42(3,38)39)15-34-25(35)14-22(33(27(34)37)16-18-4-6-19(28)7-5-18)29-20-8-10-21(11-9-20)41-24-13-12-23(40-2)30-31-24/h4-14,17,29H,15-16H2,1-3H3,(H,32,36)/t17-/m0/s1. The van der Waals surface area contributed by atoms with Crippen molar-refractivity contribution in [3.8, 4) is 17.5 Å². The minimum atomic E-state index is -3.81. The number of amides is 1. The maximum atomic E-state index is 13.6. The number of methoxy groups -OCH3 is 1. The van der Waals surface area contributed by atoms with Crippen LogP contribution in [-0.4, -0.2) is 47.0 Å². The van der Waals surface area contributed by atoms with Gasteiger partial charge < -0.3 is 14.8 Å². The highest BCUT2D eigenvalue weighted by Gasteiger charge is 2.21. The second-order valence-corrected chi connectivity index (χ2v) is 11.5. The molecule has 0 saturated heterocycles. The van der Waals surface area contributed by atoms with Gasteiger partial charge in [0, 0.05) is 35.5 Å². The molecule has 0 radical (unpaired) electrons. The van der Waals surface area contributed by atoms with Gasteiger partial charge in [0.05, 0.1) is 25.8 Å². The fourth-order valence-corrected chi connectivity index (χ4v) is 4.49. The maximum Gasteiger partial charge on any atom is 0.332 e. The Morgan fingerprint density at radius 3 is 2.21 bits per heavy atom. The summed E-state index contributed by atoms with van der Waals surface area (Å²) in [6, 6.07) is 18.0. The molecule has 4 aromatic rings. The number of aromatic nitrogens is 4. The van der Waals surface area contributed by atoms with Gasteiger partial charge in [-0.25, -0.2) is 13.2 Å². The Morgan fingerprint density at radius 1 is 0.976 bits per heavy atom. The Kier molecular flexibility index (Phi) is 9.28. The Hall–Kier alpha value is -4.69. The highest BCUT2D eigenvalue weighted by atomic mass is 35.5. The molecule has 2 N–H and O–H groups in total. The molecule has 0 saturated carbocycles. The van der Waals surface area contributed by atoms with Gasteiger partial charge in [0.2, 0.25) is 27.7 Å². The Morgan fingerprint density at radius 2 is 1.62 bits per heavy atom. The Balaban J connectivity index is 1.63. The normalized spacial score (nSPS) is 11.9. The summed E-state index contributed by atoms with van der Waals surface area (Å²) in [4.78, 5) is 38.9. The largest absolute Gasteiger partial charge is 0.480 e. The number of rotatable bonds is 11. The summed E-state index contributed by atoms with van der Waals surface area (Å²) in [5.74, 6) is -0.556. The van der Waals surface area contributed by atoms with Crippen LogP contribution < -0.4 is 30.8 Å².